The van der Waals surface area contributed by atoms with Crippen LogP contribution in [0.25, 0.3) is 0 Å². The van der Waals surface area contributed by atoms with Gasteiger partial charge in [-0.25, -0.2) is 14.8 Å². The highest BCUT2D eigenvalue weighted by Gasteiger charge is 2.21. The summed E-state index contributed by atoms with van der Waals surface area (Å²) in [7, 11) is 0. The molecule has 0 radical (unpaired) electrons. The molecule has 148 valence electrons. The maximum absolute atomic E-state index is 11.5. The summed E-state index contributed by atoms with van der Waals surface area (Å²) in [5, 5.41) is 12.5. The molecule has 0 spiro atoms. The number of nitrogens with zero attached hydrogens (tertiary/aromatic N) is 5. The average Bonchev–Trinajstić information content (AvgIpc) is 2.74. The fraction of sp³-hybridized carbons (Fsp3) is 0.238. The van der Waals surface area contributed by atoms with Crippen LogP contribution < -0.4 is 15.1 Å². The molecule has 2 N–H and O–H groups in total. The molecular formula is C21H22N6O2. The molecule has 3 aromatic rings. The van der Waals surface area contributed by atoms with E-state index in [1.54, 1.807) is 30.5 Å². The quantitative estimate of drug-likeness (QED) is 0.687. The molecule has 0 unspecified atom stereocenters. The Balaban J connectivity index is 1.50. The molecule has 0 atom stereocenters. The molecule has 0 saturated carbocycles. The molecule has 29 heavy (non-hydrogen) atoms. The molecule has 0 bridgehead atoms. The van der Waals surface area contributed by atoms with Crippen LogP contribution in [-0.4, -0.2) is 52.2 Å². The summed E-state index contributed by atoms with van der Waals surface area (Å²) in [6.07, 6.45) is 1.80. The highest BCUT2D eigenvalue weighted by atomic mass is 16.4. The standard InChI is InChI=1S/C21H22N6O2/c1-15-14-18(24-17-7-3-2-6-16(17)20(28)29)25-21(23-15)27-12-10-26(11-13-27)19-8-4-5-9-22-19/h2-9,14H,10-13H2,1H3,(H,28,29)(H,23,24,25). The number of aromatic carboxylic acids is 1. The molecule has 4 rings (SSSR count). The van der Waals surface area contributed by atoms with Gasteiger partial charge in [0.2, 0.25) is 5.95 Å². The summed E-state index contributed by atoms with van der Waals surface area (Å²) in [5.41, 5.74) is 1.52. The number of carboxylic acid groups (broad SMARTS) is 1. The minimum Gasteiger partial charge on any atom is -0.478 e. The maximum Gasteiger partial charge on any atom is 0.337 e. The Morgan fingerprint density at radius 2 is 1.72 bits per heavy atom. The fourth-order valence-electron chi connectivity index (χ4n) is 3.35. The van der Waals surface area contributed by atoms with Crippen LogP contribution in [0.4, 0.5) is 23.3 Å². The predicted molar refractivity (Wildman–Crippen MR) is 112 cm³/mol. The van der Waals surface area contributed by atoms with Gasteiger partial charge in [-0.15, -0.1) is 0 Å². The second kappa shape index (κ2) is 8.14. The third kappa shape index (κ3) is 4.26. The number of rotatable bonds is 5. The van der Waals surface area contributed by atoms with Crippen LogP contribution in [0.1, 0.15) is 16.1 Å². The highest BCUT2D eigenvalue weighted by molar-refractivity contribution is 5.95. The Hall–Kier alpha value is -3.68. The van der Waals surface area contributed by atoms with Gasteiger partial charge in [0.15, 0.2) is 0 Å². The first-order chi connectivity index (χ1) is 14.1. The van der Waals surface area contributed by atoms with Gasteiger partial charge in [-0.3, -0.25) is 0 Å². The van der Waals surface area contributed by atoms with Crippen molar-refractivity contribution in [2.24, 2.45) is 0 Å². The molecule has 1 aliphatic rings. The Kier molecular flexibility index (Phi) is 5.24. The molecule has 1 aromatic carbocycles. The van der Waals surface area contributed by atoms with Gasteiger partial charge >= 0.3 is 5.97 Å². The predicted octanol–water partition coefficient (Wildman–Crippen LogP) is 2.95. The van der Waals surface area contributed by atoms with E-state index >= 15 is 0 Å². The first-order valence-corrected chi connectivity index (χ1v) is 9.46. The Bertz CT molecular complexity index is 1000. The first kappa shape index (κ1) is 18.7. The number of aryl methyl sites for hydroxylation is 1. The van der Waals surface area contributed by atoms with Gasteiger partial charge in [-0.1, -0.05) is 18.2 Å². The van der Waals surface area contributed by atoms with Crippen molar-refractivity contribution in [1.29, 1.82) is 0 Å². The van der Waals surface area contributed by atoms with Gasteiger partial charge in [0.1, 0.15) is 11.6 Å². The topological polar surface area (TPSA) is 94.5 Å². The third-order valence-corrected chi connectivity index (χ3v) is 4.80. The van der Waals surface area contributed by atoms with E-state index in [1.807, 2.05) is 31.2 Å². The van der Waals surface area contributed by atoms with Crippen molar-refractivity contribution in [1.82, 2.24) is 15.0 Å². The molecule has 0 amide bonds. The fourth-order valence-corrected chi connectivity index (χ4v) is 3.35. The van der Waals surface area contributed by atoms with E-state index in [-0.39, 0.29) is 5.56 Å². The average molecular weight is 390 g/mol. The number of hydrogen-bond donors (Lipinski definition) is 2. The number of benzene rings is 1. The van der Waals surface area contributed by atoms with Gasteiger partial charge < -0.3 is 20.2 Å². The molecule has 8 nitrogen and oxygen atoms in total. The van der Waals surface area contributed by atoms with E-state index in [2.05, 4.69) is 30.1 Å². The number of anilines is 4. The lowest BCUT2D eigenvalue weighted by molar-refractivity contribution is 0.0698. The monoisotopic (exact) mass is 390 g/mol. The molecule has 8 heteroatoms. The number of para-hydroxylation sites is 1. The highest BCUT2D eigenvalue weighted by Crippen LogP contribution is 2.23. The minimum atomic E-state index is -0.982. The lowest BCUT2D eigenvalue weighted by atomic mass is 10.2. The smallest absolute Gasteiger partial charge is 0.337 e. The van der Waals surface area contributed by atoms with Crippen molar-refractivity contribution in [3.63, 3.8) is 0 Å². The van der Waals surface area contributed by atoms with E-state index in [0.29, 0.717) is 17.5 Å². The van der Waals surface area contributed by atoms with Crippen LogP contribution in [-0.2, 0) is 0 Å². The molecular weight excluding hydrogens is 368 g/mol. The van der Waals surface area contributed by atoms with Crippen LogP contribution in [0.2, 0.25) is 0 Å². The van der Waals surface area contributed by atoms with E-state index in [0.717, 1.165) is 37.7 Å². The van der Waals surface area contributed by atoms with Gasteiger partial charge in [0.25, 0.3) is 0 Å². The van der Waals surface area contributed by atoms with Crippen molar-refractivity contribution < 1.29 is 9.90 Å². The zero-order chi connectivity index (χ0) is 20.2. The number of carbonyl (C=O) groups is 1. The molecule has 1 saturated heterocycles. The number of carboxylic acids is 1. The van der Waals surface area contributed by atoms with Gasteiger partial charge in [-0.2, -0.15) is 4.98 Å². The first-order valence-electron chi connectivity index (χ1n) is 9.46. The van der Waals surface area contributed by atoms with Crippen molar-refractivity contribution in [3.8, 4) is 0 Å². The number of nitrogens with one attached hydrogen (secondary N) is 1. The van der Waals surface area contributed by atoms with E-state index in [9.17, 15) is 9.90 Å². The van der Waals surface area contributed by atoms with Crippen LogP contribution >= 0.6 is 0 Å². The molecule has 1 aliphatic heterocycles. The SMILES string of the molecule is Cc1cc(Nc2ccccc2C(=O)O)nc(N2CCN(c3ccccn3)CC2)n1. The Morgan fingerprint density at radius 3 is 2.45 bits per heavy atom. The molecule has 1 fully saturated rings. The van der Waals surface area contributed by atoms with Crippen molar-refractivity contribution in [2.45, 2.75) is 6.92 Å². The number of pyridine rings is 1. The Labute approximate surface area is 168 Å². The number of piperazine rings is 1. The van der Waals surface area contributed by atoms with Crippen LogP contribution in [0.3, 0.4) is 0 Å². The summed E-state index contributed by atoms with van der Waals surface area (Å²) in [4.78, 5) is 29.5. The van der Waals surface area contributed by atoms with Gasteiger partial charge in [-0.05, 0) is 31.2 Å². The lowest BCUT2D eigenvalue weighted by Gasteiger charge is -2.35. The molecule has 3 heterocycles. The van der Waals surface area contributed by atoms with Gasteiger partial charge in [0.05, 0.1) is 11.3 Å². The zero-order valence-electron chi connectivity index (χ0n) is 16.1. The maximum atomic E-state index is 11.5. The second-order valence-corrected chi connectivity index (χ2v) is 6.83. The van der Waals surface area contributed by atoms with E-state index < -0.39 is 5.97 Å². The summed E-state index contributed by atoms with van der Waals surface area (Å²) >= 11 is 0. The number of hydrogen-bond acceptors (Lipinski definition) is 7. The lowest BCUT2D eigenvalue weighted by Crippen LogP contribution is -2.47. The number of aromatic nitrogens is 3. The summed E-state index contributed by atoms with van der Waals surface area (Å²) < 4.78 is 0. The normalized spacial score (nSPS) is 14.0. The van der Waals surface area contributed by atoms with Crippen LogP contribution in [0, 0.1) is 6.92 Å². The zero-order valence-corrected chi connectivity index (χ0v) is 16.1. The second-order valence-electron chi connectivity index (χ2n) is 6.83. The molecule has 2 aromatic heterocycles. The molecule has 0 aliphatic carbocycles. The van der Waals surface area contributed by atoms with E-state index in [4.69, 9.17) is 0 Å². The Morgan fingerprint density at radius 1 is 1.00 bits per heavy atom. The minimum absolute atomic E-state index is 0.203. The van der Waals surface area contributed by atoms with Crippen LogP contribution in [0.5, 0.6) is 0 Å². The van der Waals surface area contributed by atoms with Gasteiger partial charge in [0, 0.05) is 44.1 Å². The van der Waals surface area contributed by atoms with E-state index in [1.165, 1.54) is 0 Å². The largest absolute Gasteiger partial charge is 0.478 e. The third-order valence-electron chi connectivity index (χ3n) is 4.80. The summed E-state index contributed by atoms with van der Waals surface area (Å²) in [5.74, 6) is 1.21. The summed E-state index contributed by atoms with van der Waals surface area (Å²) in [6, 6.07) is 14.5. The van der Waals surface area contributed by atoms with Crippen molar-refractivity contribution in [2.75, 3.05) is 41.3 Å². The van der Waals surface area contributed by atoms with Crippen molar-refractivity contribution in [3.05, 3.63) is 66.0 Å². The van der Waals surface area contributed by atoms with Crippen molar-refractivity contribution >= 4 is 29.2 Å². The summed E-state index contributed by atoms with van der Waals surface area (Å²) in [6.45, 7) is 5.14. The van der Waals surface area contributed by atoms with Crippen LogP contribution in [0.15, 0.2) is 54.7 Å².